The normalized spacial score (nSPS) is 10.8. The van der Waals surface area contributed by atoms with Crippen LogP contribution in [0.25, 0.3) is 0 Å². The van der Waals surface area contributed by atoms with E-state index >= 15 is 0 Å². The molecule has 0 bridgehead atoms. The molecule has 0 aliphatic rings. The summed E-state index contributed by atoms with van der Waals surface area (Å²) >= 11 is 0. The van der Waals surface area contributed by atoms with Crippen molar-refractivity contribution in [3.05, 3.63) is 29.8 Å². The Kier molecular flexibility index (Phi) is 6.67. The van der Waals surface area contributed by atoms with Gasteiger partial charge in [-0.3, -0.25) is 0 Å². The number of hydrogen-bond acceptors (Lipinski definition) is 3. The van der Waals surface area contributed by atoms with Crippen molar-refractivity contribution in [1.29, 1.82) is 0 Å². The molecule has 2 N–H and O–H groups in total. The van der Waals surface area contributed by atoms with E-state index in [1.165, 1.54) is 5.56 Å². The third kappa shape index (κ3) is 6.29. The van der Waals surface area contributed by atoms with Crippen LogP contribution >= 0.6 is 0 Å². The summed E-state index contributed by atoms with van der Waals surface area (Å²) in [5, 5.41) is 6.80. The second-order valence-corrected chi connectivity index (χ2v) is 4.46. The summed E-state index contributed by atoms with van der Waals surface area (Å²) in [5.41, 5.74) is 1.31. The van der Waals surface area contributed by atoms with Crippen LogP contribution in [0.5, 0.6) is 5.75 Å². The maximum absolute atomic E-state index is 5.20. The van der Waals surface area contributed by atoms with Crippen molar-refractivity contribution in [3.8, 4) is 5.75 Å². The summed E-state index contributed by atoms with van der Waals surface area (Å²) in [6, 6.07) is 8.80. The van der Waals surface area contributed by atoms with E-state index in [2.05, 4.69) is 36.6 Å². The maximum Gasteiger partial charge on any atom is 0.119 e. The SMILES string of the molecule is COc1cccc(CCNCCNC(C)C)c1. The van der Waals surface area contributed by atoms with Crippen molar-refractivity contribution in [3.63, 3.8) is 0 Å². The van der Waals surface area contributed by atoms with Crippen LogP contribution in [0.4, 0.5) is 0 Å². The van der Waals surface area contributed by atoms with E-state index in [-0.39, 0.29) is 0 Å². The lowest BCUT2D eigenvalue weighted by Crippen LogP contribution is -2.32. The lowest BCUT2D eigenvalue weighted by atomic mass is 10.1. The van der Waals surface area contributed by atoms with Gasteiger partial charge < -0.3 is 15.4 Å². The first-order valence-corrected chi connectivity index (χ1v) is 6.29. The van der Waals surface area contributed by atoms with Crippen molar-refractivity contribution in [1.82, 2.24) is 10.6 Å². The predicted molar refractivity (Wildman–Crippen MR) is 72.7 cm³/mol. The van der Waals surface area contributed by atoms with Crippen LogP contribution < -0.4 is 15.4 Å². The van der Waals surface area contributed by atoms with Crippen LogP contribution in [0.3, 0.4) is 0 Å². The number of benzene rings is 1. The molecule has 96 valence electrons. The van der Waals surface area contributed by atoms with E-state index in [0.717, 1.165) is 31.8 Å². The van der Waals surface area contributed by atoms with E-state index in [1.54, 1.807) is 7.11 Å². The van der Waals surface area contributed by atoms with E-state index in [4.69, 9.17) is 4.74 Å². The van der Waals surface area contributed by atoms with Gasteiger partial charge in [-0.15, -0.1) is 0 Å². The summed E-state index contributed by atoms with van der Waals surface area (Å²) in [6.45, 7) is 7.37. The lowest BCUT2D eigenvalue weighted by Gasteiger charge is -2.09. The second-order valence-electron chi connectivity index (χ2n) is 4.46. The molecule has 0 aromatic heterocycles. The van der Waals surface area contributed by atoms with Crippen LogP contribution in [0.15, 0.2) is 24.3 Å². The first-order valence-electron chi connectivity index (χ1n) is 6.29. The van der Waals surface area contributed by atoms with Crippen LogP contribution in [0.1, 0.15) is 19.4 Å². The van der Waals surface area contributed by atoms with E-state index in [1.807, 2.05) is 12.1 Å². The van der Waals surface area contributed by atoms with Gasteiger partial charge in [0, 0.05) is 19.1 Å². The summed E-state index contributed by atoms with van der Waals surface area (Å²) in [7, 11) is 1.70. The highest BCUT2D eigenvalue weighted by Crippen LogP contribution is 2.12. The monoisotopic (exact) mass is 236 g/mol. The highest BCUT2D eigenvalue weighted by atomic mass is 16.5. The quantitative estimate of drug-likeness (QED) is 0.676. The molecule has 0 amide bonds. The molecule has 0 aliphatic carbocycles. The molecule has 0 saturated heterocycles. The minimum Gasteiger partial charge on any atom is -0.497 e. The minimum absolute atomic E-state index is 0.565. The number of hydrogen-bond donors (Lipinski definition) is 2. The smallest absolute Gasteiger partial charge is 0.119 e. The van der Waals surface area contributed by atoms with Crippen molar-refractivity contribution < 1.29 is 4.74 Å². The third-order valence-corrected chi connectivity index (χ3v) is 2.58. The van der Waals surface area contributed by atoms with Gasteiger partial charge in [-0.05, 0) is 30.7 Å². The van der Waals surface area contributed by atoms with Gasteiger partial charge in [0.15, 0.2) is 0 Å². The molecule has 1 aromatic carbocycles. The molecule has 0 unspecified atom stereocenters. The molecule has 1 aromatic rings. The van der Waals surface area contributed by atoms with Gasteiger partial charge in [-0.25, -0.2) is 0 Å². The molecule has 17 heavy (non-hydrogen) atoms. The van der Waals surface area contributed by atoms with Crippen LogP contribution in [-0.4, -0.2) is 32.8 Å². The number of rotatable bonds is 8. The molecular weight excluding hydrogens is 212 g/mol. The topological polar surface area (TPSA) is 33.3 Å². The van der Waals surface area contributed by atoms with Gasteiger partial charge >= 0.3 is 0 Å². The van der Waals surface area contributed by atoms with Crippen molar-refractivity contribution in [2.45, 2.75) is 26.3 Å². The highest BCUT2D eigenvalue weighted by molar-refractivity contribution is 5.28. The first-order chi connectivity index (χ1) is 8.22. The number of methoxy groups -OCH3 is 1. The lowest BCUT2D eigenvalue weighted by molar-refractivity contribution is 0.414. The average molecular weight is 236 g/mol. The average Bonchev–Trinajstić information content (AvgIpc) is 2.33. The molecule has 3 heteroatoms. The molecule has 0 radical (unpaired) electrons. The molecule has 0 heterocycles. The Labute approximate surface area is 105 Å². The van der Waals surface area contributed by atoms with Crippen molar-refractivity contribution in [2.75, 3.05) is 26.7 Å². The maximum atomic E-state index is 5.20. The standard InChI is InChI=1S/C14H24N2O/c1-12(2)16-10-9-15-8-7-13-5-4-6-14(11-13)17-3/h4-6,11-12,15-16H,7-10H2,1-3H3. The summed E-state index contributed by atoms with van der Waals surface area (Å²) in [6.07, 6.45) is 1.04. The van der Waals surface area contributed by atoms with E-state index < -0.39 is 0 Å². The highest BCUT2D eigenvalue weighted by Gasteiger charge is 1.96. The van der Waals surface area contributed by atoms with E-state index in [0.29, 0.717) is 6.04 Å². The Morgan fingerprint density at radius 3 is 2.71 bits per heavy atom. The Hall–Kier alpha value is -1.06. The zero-order valence-corrected chi connectivity index (χ0v) is 11.1. The second kappa shape index (κ2) is 8.09. The molecule has 0 fully saturated rings. The molecule has 0 spiro atoms. The minimum atomic E-state index is 0.565. The summed E-state index contributed by atoms with van der Waals surface area (Å²) in [4.78, 5) is 0. The molecule has 0 saturated carbocycles. The summed E-state index contributed by atoms with van der Waals surface area (Å²) < 4.78 is 5.20. The fraction of sp³-hybridized carbons (Fsp3) is 0.571. The van der Waals surface area contributed by atoms with Gasteiger partial charge in [0.1, 0.15) is 5.75 Å². The summed E-state index contributed by atoms with van der Waals surface area (Å²) in [5.74, 6) is 0.934. The third-order valence-electron chi connectivity index (χ3n) is 2.58. The van der Waals surface area contributed by atoms with Gasteiger partial charge in [-0.1, -0.05) is 26.0 Å². The van der Waals surface area contributed by atoms with Gasteiger partial charge in [-0.2, -0.15) is 0 Å². The van der Waals surface area contributed by atoms with Gasteiger partial charge in [0.2, 0.25) is 0 Å². The van der Waals surface area contributed by atoms with Crippen molar-refractivity contribution >= 4 is 0 Å². The molecule has 0 aliphatic heterocycles. The Bertz CT molecular complexity index is 313. The van der Waals surface area contributed by atoms with E-state index in [9.17, 15) is 0 Å². The fourth-order valence-electron chi connectivity index (χ4n) is 1.63. The number of nitrogens with one attached hydrogen (secondary N) is 2. The first kappa shape index (κ1) is 14.0. The predicted octanol–water partition coefficient (Wildman–Crippen LogP) is 1.83. The zero-order valence-electron chi connectivity index (χ0n) is 11.1. The van der Waals surface area contributed by atoms with Gasteiger partial charge in [0.25, 0.3) is 0 Å². The molecular formula is C14H24N2O. The zero-order chi connectivity index (χ0) is 12.5. The molecule has 3 nitrogen and oxygen atoms in total. The Balaban J connectivity index is 2.13. The Morgan fingerprint density at radius 2 is 2.00 bits per heavy atom. The largest absolute Gasteiger partial charge is 0.497 e. The van der Waals surface area contributed by atoms with Crippen LogP contribution in [-0.2, 0) is 6.42 Å². The van der Waals surface area contributed by atoms with Crippen LogP contribution in [0.2, 0.25) is 0 Å². The van der Waals surface area contributed by atoms with Gasteiger partial charge in [0.05, 0.1) is 7.11 Å². The van der Waals surface area contributed by atoms with Crippen LogP contribution in [0, 0.1) is 0 Å². The fourth-order valence-corrected chi connectivity index (χ4v) is 1.63. The van der Waals surface area contributed by atoms with Crippen molar-refractivity contribution in [2.24, 2.45) is 0 Å². The Morgan fingerprint density at radius 1 is 1.18 bits per heavy atom. The molecule has 1 rings (SSSR count). The number of ether oxygens (including phenoxy) is 1. The molecule has 0 atom stereocenters.